The first-order valence-electron chi connectivity index (χ1n) is 10.7. The normalized spacial score (nSPS) is 14.6. The van der Waals surface area contributed by atoms with Gasteiger partial charge < -0.3 is 4.90 Å². The van der Waals surface area contributed by atoms with Crippen molar-refractivity contribution in [1.82, 2.24) is 29.6 Å². The number of hydrogen-bond donors (Lipinski definition) is 0. The minimum absolute atomic E-state index is 0.255. The van der Waals surface area contributed by atoms with Gasteiger partial charge in [0.1, 0.15) is 11.5 Å². The highest BCUT2D eigenvalue weighted by Crippen LogP contribution is 2.27. The Kier molecular flexibility index (Phi) is 5.60. The second-order valence-electron chi connectivity index (χ2n) is 7.85. The summed E-state index contributed by atoms with van der Waals surface area (Å²) in [7, 11) is 0. The summed E-state index contributed by atoms with van der Waals surface area (Å²) in [5, 5.41) is 4.54. The predicted octanol–water partition coefficient (Wildman–Crippen LogP) is 3.49. The number of pyridine rings is 1. The van der Waals surface area contributed by atoms with E-state index in [-0.39, 0.29) is 5.82 Å². The van der Waals surface area contributed by atoms with Gasteiger partial charge in [-0.3, -0.25) is 9.88 Å². The van der Waals surface area contributed by atoms with Crippen LogP contribution in [0.4, 0.5) is 10.2 Å². The molecule has 0 unspecified atom stereocenters. The summed E-state index contributed by atoms with van der Waals surface area (Å²) >= 11 is 0. The molecule has 8 heteroatoms. The molecule has 32 heavy (non-hydrogen) atoms. The van der Waals surface area contributed by atoms with Crippen LogP contribution in [-0.4, -0.2) is 55.8 Å². The van der Waals surface area contributed by atoms with E-state index >= 15 is 0 Å². The summed E-state index contributed by atoms with van der Waals surface area (Å²) in [5.74, 6) is 1.42. The summed E-state index contributed by atoms with van der Waals surface area (Å²) in [6, 6.07) is 12.2. The SMILES string of the molecule is Cc1c(CN2CCN(c3nccnc3-c3ccc(F)cc3)CC2)cnn1-c1ccccn1. The lowest BCUT2D eigenvalue weighted by Gasteiger charge is -2.35. The average molecular weight is 430 g/mol. The van der Waals surface area contributed by atoms with Crippen molar-refractivity contribution in [3.8, 4) is 17.1 Å². The van der Waals surface area contributed by atoms with E-state index in [0.717, 1.165) is 61.3 Å². The Morgan fingerprint density at radius 1 is 0.875 bits per heavy atom. The van der Waals surface area contributed by atoms with Crippen molar-refractivity contribution in [1.29, 1.82) is 0 Å². The second-order valence-corrected chi connectivity index (χ2v) is 7.85. The van der Waals surface area contributed by atoms with Crippen LogP contribution in [0.5, 0.6) is 0 Å². The van der Waals surface area contributed by atoms with Gasteiger partial charge in [-0.05, 0) is 43.3 Å². The summed E-state index contributed by atoms with van der Waals surface area (Å²) in [6.07, 6.45) is 7.11. The maximum Gasteiger partial charge on any atom is 0.155 e. The molecule has 0 spiro atoms. The first-order chi connectivity index (χ1) is 15.7. The maximum absolute atomic E-state index is 13.3. The van der Waals surface area contributed by atoms with Crippen LogP contribution in [-0.2, 0) is 6.54 Å². The molecule has 4 heterocycles. The molecule has 0 amide bonds. The van der Waals surface area contributed by atoms with Gasteiger partial charge in [-0.15, -0.1) is 0 Å². The fourth-order valence-corrected chi connectivity index (χ4v) is 4.04. The van der Waals surface area contributed by atoms with E-state index in [2.05, 4.69) is 36.8 Å². The Balaban J connectivity index is 1.27. The number of aromatic nitrogens is 5. The standard InChI is InChI=1S/C24H24FN7/c1-18-20(16-29-32(18)22-4-2-3-9-26-22)17-30-12-14-31(15-13-30)24-23(27-10-11-28-24)19-5-7-21(25)8-6-19/h2-11,16H,12-15,17H2,1H3. The predicted molar refractivity (Wildman–Crippen MR) is 121 cm³/mol. The lowest BCUT2D eigenvalue weighted by atomic mass is 10.1. The van der Waals surface area contributed by atoms with Crippen LogP contribution in [0.1, 0.15) is 11.3 Å². The van der Waals surface area contributed by atoms with Crippen LogP contribution >= 0.6 is 0 Å². The summed E-state index contributed by atoms with van der Waals surface area (Å²) in [6.45, 7) is 6.45. The number of halogens is 1. The van der Waals surface area contributed by atoms with Gasteiger partial charge in [0.2, 0.25) is 0 Å². The Bertz CT molecular complexity index is 1180. The fourth-order valence-electron chi connectivity index (χ4n) is 4.04. The quantitative estimate of drug-likeness (QED) is 0.484. The van der Waals surface area contributed by atoms with Crippen LogP contribution < -0.4 is 4.90 Å². The molecule has 0 aliphatic carbocycles. The topological polar surface area (TPSA) is 63.0 Å². The molecule has 1 aliphatic rings. The minimum Gasteiger partial charge on any atom is -0.352 e. The number of benzene rings is 1. The molecule has 0 N–H and O–H groups in total. The number of rotatable bonds is 5. The molecule has 162 valence electrons. The van der Waals surface area contributed by atoms with Gasteiger partial charge in [0.05, 0.1) is 6.20 Å². The number of hydrogen-bond acceptors (Lipinski definition) is 6. The Morgan fingerprint density at radius 3 is 2.41 bits per heavy atom. The van der Waals surface area contributed by atoms with Crippen LogP contribution in [0.15, 0.2) is 67.3 Å². The van der Waals surface area contributed by atoms with Gasteiger partial charge in [-0.2, -0.15) is 5.10 Å². The van der Waals surface area contributed by atoms with Gasteiger partial charge >= 0.3 is 0 Å². The molecular weight excluding hydrogens is 405 g/mol. The summed E-state index contributed by atoms with van der Waals surface area (Å²) < 4.78 is 15.2. The lowest BCUT2D eigenvalue weighted by Crippen LogP contribution is -2.46. The zero-order valence-electron chi connectivity index (χ0n) is 17.9. The van der Waals surface area contributed by atoms with Crippen molar-refractivity contribution in [2.45, 2.75) is 13.5 Å². The number of piperazine rings is 1. The molecule has 1 aliphatic heterocycles. The zero-order chi connectivity index (χ0) is 21.9. The molecule has 7 nitrogen and oxygen atoms in total. The molecule has 5 rings (SSSR count). The molecule has 3 aromatic heterocycles. The van der Waals surface area contributed by atoms with E-state index < -0.39 is 0 Å². The molecule has 1 fully saturated rings. The largest absolute Gasteiger partial charge is 0.352 e. The van der Waals surface area contributed by atoms with E-state index in [1.165, 1.54) is 17.7 Å². The molecule has 1 saturated heterocycles. The molecule has 0 saturated carbocycles. The third-order valence-corrected chi connectivity index (χ3v) is 5.84. The third-order valence-electron chi connectivity index (χ3n) is 5.84. The van der Waals surface area contributed by atoms with Crippen molar-refractivity contribution >= 4 is 5.82 Å². The van der Waals surface area contributed by atoms with Gasteiger partial charge in [0.25, 0.3) is 0 Å². The maximum atomic E-state index is 13.3. The van der Waals surface area contributed by atoms with Crippen LogP contribution in [0.2, 0.25) is 0 Å². The molecular formula is C24H24FN7. The van der Waals surface area contributed by atoms with Gasteiger partial charge in [-0.25, -0.2) is 19.0 Å². The van der Waals surface area contributed by atoms with Gasteiger partial charge in [-0.1, -0.05) is 6.07 Å². The van der Waals surface area contributed by atoms with Gasteiger partial charge in [0, 0.05) is 68.1 Å². The molecule has 0 atom stereocenters. The second kappa shape index (κ2) is 8.84. The molecule has 0 radical (unpaired) electrons. The van der Waals surface area contributed by atoms with Crippen molar-refractivity contribution in [2.24, 2.45) is 0 Å². The fraction of sp³-hybridized carbons (Fsp3) is 0.250. The van der Waals surface area contributed by atoms with Crippen molar-refractivity contribution in [2.75, 3.05) is 31.1 Å². The highest BCUT2D eigenvalue weighted by Gasteiger charge is 2.22. The number of nitrogens with zero attached hydrogens (tertiary/aromatic N) is 7. The van der Waals surface area contributed by atoms with E-state index in [1.54, 1.807) is 30.7 Å². The lowest BCUT2D eigenvalue weighted by molar-refractivity contribution is 0.249. The third kappa shape index (κ3) is 4.09. The zero-order valence-corrected chi connectivity index (χ0v) is 17.9. The van der Waals surface area contributed by atoms with E-state index in [1.807, 2.05) is 29.1 Å². The molecule has 1 aromatic carbocycles. The average Bonchev–Trinajstić information content (AvgIpc) is 3.20. The Labute approximate surface area is 186 Å². The molecule has 4 aromatic rings. The Morgan fingerprint density at radius 2 is 1.66 bits per heavy atom. The van der Waals surface area contributed by atoms with Gasteiger partial charge in [0.15, 0.2) is 11.6 Å². The first kappa shape index (κ1) is 20.3. The van der Waals surface area contributed by atoms with Crippen molar-refractivity contribution in [3.63, 3.8) is 0 Å². The first-order valence-corrected chi connectivity index (χ1v) is 10.7. The summed E-state index contributed by atoms with van der Waals surface area (Å²) in [4.78, 5) is 18.2. The van der Waals surface area contributed by atoms with Crippen LogP contribution in [0, 0.1) is 12.7 Å². The van der Waals surface area contributed by atoms with E-state index in [0.29, 0.717) is 0 Å². The molecule has 0 bridgehead atoms. The monoisotopic (exact) mass is 429 g/mol. The van der Waals surface area contributed by atoms with Crippen LogP contribution in [0.25, 0.3) is 17.1 Å². The highest BCUT2D eigenvalue weighted by molar-refractivity contribution is 5.72. The van der Waals surface area contributed by atoms with E-state index in [4.69, 9.17) is 0 Å². The van der Waals surface area contributed by atoms with Crippen LogP contribution in [0.3, 0.4) is 0 Å². The minimum atomic E-state index is -0.255. The number of anilines is 1. The van der Waals surface area contributed by atoms with Crippen molar-refractivity contribution in [3.05, 3.63) is 84.3 Å². The summed E-state index contributed by atoms with van der Waals surface area (Å²) in [5.41, 5.74) is 3.97. The Hall–Kier alpha value is -3.65. The highest BCUT2D eigenvalue weighted by atomic mass is 19.1. The smallest absolute Gasteiger partial charge is 0.155 e. The van der Waals surface area contributed by atoms with Crippen molar-refractivity contribution < 1.29 is 4.39 Å². The van der Waals surface area contributed by atoms with E-state index in [9.17, 15) is 4.39 Å².